The minimum Gasteiger partial charge on any atom is -0.354 e. The minimum atomic E-state index is 0.0972. The maximum Gasteiger partial charge on any atom is 0.233 e. The number of carbonyl (C=O) groups is 1. The normalized spacial score (nSPS) is 11.4. The van der Waals surface area contributed by atoms with E-state index in [0.29, 0.717) is 6.54 Å². The number of hydrogen-bond acceptors (Lipinski definition) is 2. The molecule has 0 rings (SSSR count). The van der Waals surface area contributed by atoms with Crippen LogP contribution in [-0.4, -0.2) is 25.5 Å². The van der Waals surface area contributed by atoms with Gasteiger partial charge >= 0.3 is 0 Å². The van der Waals surface area contributed by atoms with E-state index in [1.54, 1.807) is 0 Å². The Morgan fingerprint density at radius 2 is 1.93 bits per heavy atom. The summed E-state index contributed by atoms with van der Waals surface area (Å²) >= 11 is 0. The summed E-state index contributed by atoms with van der Waals surface area (Å²) in [6.45, 7) is 10.7. The molecule has 0 unspecified atom stereocenters. The van der Waals surface area contributed by atoms with Gasteiger partial charge in [0.1, 0.15) is 0 Å². The predicted octanol–water partition coefficient (Wildman–Crippen LogP) is 1.54. The molecule has 3 heteroatoms. The molecular weight excluding hydrogens is 176 g/mol. The first-order valence-electron chi connectivity index (χ1n) is 5.49. The smallest absolute Gasteiger partial charge is 0.233 e. The molecule has 0 aromatic carbocycles. The van der Waals surface area contributed by atoms with E-state index in [4.69, 9.17) is 0 Å². The first-order valence-corrected chi connectivity index (χ1v) is 5.49. The average molecular weight is 200 g/mol. The third-order valence-electron chi connectivity index (χ3n) is 2.43. The maximum atomic E-state index is 11.3. The Hall–Kier alpha value is -0.570. The lowest BCUT2D eigenvalue weighted by molar-refractivity contribution is -0.120. The molecule has 84 valence electrons. The molecule has 0 aliphatic rings. The maximum absolute atomic E-state index is 11.3. The first-order chi connectivity index (χ1) is 6.52. The van der Waals surface area contributed by atoms with Crippen molar-refractivity contribution in [2.45, 2.75) is 40.5 Å². The second-order valence-electron chi connectivity index (χ2n) is 4.47. The summed E-state index contributed by atoms with van der Waals surface area (Å²) in [6, 6.07) is 0. The molecule has 3 nitrogen and oxygen atoms in total. The van der Waals surface area contributed by atoms with Crippen molar-refractivity contribution in [2.24, 2.45) is 5.41 Å². The fourth-order valence-corrected chi connectivity index (χ4v) is 0.904. The van der Waals surface area contributed by atoms with E-state index in [0.717, 1.165) is 25.9 Å². The molecule has 0 saturated heterocycles. The molecule has 2 N–H and O–H groups in total. The van der Waals surface area contributed by atoms with Crippen LogP contribution in [0.3, 0.4) is 0 Å². The molecule has 0 atom stereocenters. The summed E-state index contributed by atoms with van der Waals surface area (Å²) in [7, 11) is 0. The summed E-state index contributed by atoms with van der Waals surface area (Å²) < 4.78 is 0. The summed E-state index contributed by atoms with van der Waals surface area (Å²) in [5.74, 6) is 0.0972. The van der Waals surface area contributed by atoms with Crippen LogP contribution in [0.5, 0.6) is 0 Å². The van der Waals surface area contributed by atoms with Gasteiger partial charge in [0, 0.05) is 6.54 Å². The van der Waals surface area contributed by atoms with Crippen LogP contribution >= 0.6 is 0 Å². The van der Waals surface area contributed by atoms with Crippen molar-refractivity contribution in [2.75, 3.05) is 19.6 Å². The molecule has 0 aromatic rings. The van der Waals surface area contributed by atoms with Gasteiger partial charge in [-0.1, -0.05) is 27.7 Å². The van der Waals surface area contributed by atoms with E-state index in [1.807, 2.05) is 0 Å². The molecular formula is C11H24N2O. The lowest BCUT2D eigenvalue weighted by Crippen LogP contribution is -2.39. The van der Waals surface area contributed by atoms with Gasteiger partial charge in [-0.25, -0.2) is 0 Å². The van der Waals surface area contributed by atoms with Gasteiger partial charge < -0.3 is 10.6 Å². The Morgan fingerprint density at radius 1 is 1.29 bits per heavy atom. The highest BCUT2D eigenvalue weighted by molar-refractivity contribution is 5.77. The zero-order valence-electron chi connectivity index (χ0n) is 9.94. The van der Waals surface area contributed by atoms with Gasteiger partial charge in [0.15, 0.2) is 0 Å². The lowest BCUT2D eigenvalue weighted by Gasteiger charge is -2.22. The third kappa shape index (κ3) is 6.89. The van der Waals surface area contributed by atoms with Gasteiger partial charge in [0.05, 0.1) is 6.54 Å². The van der Waals surface area contributed by atoms with Crippen molar-refractivity contribution in [3.63, 3.8) is 0 Å². The third-order valence-corrected chi connectivity index (χ3v) is 2.43. The number of amides is 1. The summed E-state index contributed by atoms with van der Waals surface area (Å²) in [5.41, 5.74) is 0.209. The fourth-order valence-electron chi connectivity index (χ4n) is 0.904. The zero-order chi connectivity index (χ0) is 11.0. The monoisotopic (exact) mass is 200 g/mol. The quantitative estimate of drug-likeness (QED) is 0.612. The predicted molar refractivity (Wildman–Crippen MR) is 60.2 cm³/mol. The van der Waals surface area contributed by atoms with Crippen LogP contribution in [0.1, 0.15) is 40.5 Å². The molecule has 0 radical (unpaired) electrons. The van der Waals surface area contributed by atoms with Crippen LogP contribution in [0.2, 0.25) is 0 Å². The summed E-state index contributed by atoms with van der Waals surface area (Å²) in [6.07, 6.45) is 2.14. The molecule has 0 aliphatic carbocycles. The second-order valence-corrected chi connectivity index (χ2v) is 4.47. The first kappa shape index (κ1) is 13.4. The average Bonchev–Trinajstić information content (AvgIpc) is 2.16. The Labute approximate surface area is 87.6 Å². The Kier molecular flexibility index (Phi) is 6.54. The van der Waals surface area contributed by atoms with Gasteiger partial charge in [-0.15, -0.1) is 0 Å². The van der Waals surface area contributed by atoms with Crippen molar-refractivity contribution >= 4 is 5.91 Å². The molecule has 1 amide bonds. The number of rotatable bonds is 7. The molecule has 0 heterocycles. The highest BCUT2D eigenvalue weighted by atomic mass is 16.1. The van der Waals surface area contributed by atoms with E-state index < -0.39 is 0 Å². The van der Waals surface area contributed by atoms with E-state index in [1.165, 1.54) is 0 Å². The lowest BCUT2D eigenvalue weighted by atomic mass is 9.90. The van der Waals surface area contributed by atoms with Gasteiger partial charge in [0.25, 0.3) is 0 Å². The van der Waals surface area contributed by atoms with Crippen molar-refractivity contribution in [3.05, 3.63) is 0 Å². The summed E-state index contributed by atoms with van der Waals surface area (Å²) in [5, 5.41) is 6.01. The van der Waals surface area contributed by atoms with Crippen molar-refractivity contribution < 1.29 is 4.79 Å². The van der Waals surface area contributed by atoms with Crippen molar-refractivity contribution in [1.82, 2.24) is 10.6 Å². The van der Waals surface area contributed by atoms with E-state index in [-0.39, 0.29) is 11.3 Å². The zero-order valence-corrected chi connectivity index (χ0v) is 9.94. The van der Waals surface area contributed by atoms with Crippen LogP contribution in [0.25, 0.3) is 0 Å². The Balaban J connectivity index is 3.53. The van der Waals surface area contributed by atoms with Gasteiger partial charge in [-0.3, -0.25) is 4.79 Å². The Morgan fingerprint density at radius 3 is 2.43 bits per heavy atom. The summed E-state index contributed by atoms with van der Waals surface area (Å²) in [4.78, 5) is 11.3. The topological polar surface area (TPSA) is 41.1 Å². The largest absolute Gasteiger partial charge is 0.354 e. The SMILES string of the molecule is CCCNCC(=O)NCC(C)(C)CC. The van der Waals surface area contributed by atoms with Crippen LogP contribution < -0.4 is 10.6 Å². The standard InChI is InChI=1S/C11H24N2O/c1-5-7-12-8-10(14)13-9-11(3,4)6-2/h12H,5-9H2,1-4H3,(H,13,14). The number of carbonyl (C=O) groups excluding carboxylic acids is 1. The molecule has 0 aliphatic heterocycles. The van der Waals surface area contributed by atoms with Gasteiger partial charge in [-0.05, 0) is 24.8 Å². The van der Waals surface area contributed by atoms with Crippen LogP contribution in [0.15, 0.2) is 0 Å². The second kappa shape index (κ2) is 6.82. The van der Waals surface area contributed by atoms with E-state index in [2.05, 4.69) is 38.3 Å². The molecule has 0 spiro atoms. The molecule has 0 saturated carbocycles. The molecule has 0 aromatic heterocycles. The highest BCUT2D eigenvalue weighted by Gasteiger charge is 2.15. The molecule has 0 fully saturated rings. The van der Waals surface area contributed by atoms with E-state index in [9.17, 15) is 4.79 Å². The number of hydrogen-bond donors (Lipinski definition) is 2. The van der Waals surface area contributed by atoms with Gasteiger partial charge in [-0.2, -0.15) is 0 Å². The minimum absolute atomic E-state index is 0.0972. The van der Waals surface area contributed by atoms with E-state index >= 15 is 0 Å². The van der Waals surface area contributed by atoms with Crippen molar-refractivity contribution in [1.29, 1.82) is 0 Å². The molecule has 0 bridgehead atoms. The van der Waals surface area contributed by atoms with Gasteiger partial charge in [0.2, 0.25) is 5.91 Å². The van der Waals surface area contributed by atoms with Crippen LogP contribution in [0, 0.1) is 5.41 Å². The number of nitrogens with one attached hydrogen (secondary N) is 2. The Bertz CT molecular complexity index is 167. The van der Waals surface area contributed by atoms with Crippen LogP contribution in [-0.2, 0) is 4.79 Å². The van der Waals surface area contributed by atoms with Crippen LogP contribution in [0.4, 0.5) is 0 Å². The highest BCUT2D eigenvalue weighted by Crippen LogP contribution is 2.17. The van der Waals surface area contributed by atoms with Crippen molar-refractivity contribution in [3.8, 4) is 0 Å². The molecule has 14 heavy (non-hydrogen) atoms. The fraction of sp³-hybridized carbons (Fsp3) is 0.909.